The fourth-order valence-corrected chi connectivity index (χ4v) is 4.73. The van der Waals surface area contributed by atoms with Gasteiger partial charge in [-0.15, -0.1) is 0 Å². The maximum Gasteiger partial charge on any atom is 0.242 e. The lowest BCUT2D eigenvalue weighted by atomic mass is 10.1. The molecule has 0 aliphatic carbocycles. The van der Waals surface area contributed by atoms with Gasteiger partial charge in [0.1, 0.15) is 11.9 Å². The van der Waals surface area contributed by atoms with Crippen molar-refractivity contribution in [2.45, 2.75) is 31.7 Å². The molecule has 0 spiro atoms. The van der Waals surface area contributed by atoms with Crippen molar-refractivity contribution in [1.29, 1.82) is 0 Å². The number of nitrogens with one attached hydrogen (secondary N) is 1. The summed E-state index contributed by atoms with van der Waals surface area (Å²) in [5.41, 5.74) is 2.27. The monoisotopic (exact) mass is 452 g/mol. The number of amides is 1. The predicted molar refractivity (Wildman–Crippen MR) is 126 cm³/mol. The van der Waals surface area contributed by atoms with E-state index in [0.29, 0.717) is 24.5 Å². The lowest BCUT2D eigenvalue weighted by Gasteiger charge is -2.22. The lowest BCUT2D eigenvalue weighted by Crippen LogP contribution is -2.44. The van der Waals surface area contributed by atoms with Gasteiger partial charge in [0.05, 0.1) is 14.2 Å². The van der Waals surface area contributed by atoms with Gasteiger partial charge in [-0.1, -0.05) is 36.4 Å². The van der Waals surface area contributed by atoms with Crippen molar-refractivity contribution in [2.75, 3.05) is 32.2 Å². The van der Waals surface area contributed by atoms with E-state index in [-0.39, 0.29) is 11.9 Å². The summed E-state index contributed by atoms with van der Waals surface area (Å²) in [6.07, 6.45) is 3.23. The number of rotatable bonds is 9. The van der Waals surface area contributed by atoms with Gasteiger partial charge in [-0.3, -0.25) is 4.79 Å². The normalized spacial score (nSPS) is 15.6. The van der Waals surface area contributed by atoms with Crippen LogP contribution in [-0.2, 0) is 17.6 Å². The Bertz CT molecular complexity index is 1040. The van der Waals surface area contributed by atoms with Crippen LogP contribution in [0.5, 0.6) is 11.5 Å². The summed E-state index contributed by atoms with van der Waals surface area (Å²) in [5.74, 6) is 2.24. The highest BCUT2D eigenvalue weighted by molar-refractivity contribution is 7.09. The molecule has 2 aromatic carbocycles. The maximum absolute atomic E-state index is 12.9. The molecule has 1 amide bonds. The first-order valence-corrected chi connectivity index (χ1v) is 11.6. The summed E-state index contributed by atoms with van der Waals surface area (Å²) in [5, 5.41) is 3.92. The molecule has 0 saturated carbocycles. The van der Waals surface area contributed by atoms with Gasteiger partial charge in [0, 0.05) is 31.0 Å². The van der Waals surface area contributed by atoms with Gasteiger partial charge in [0.2, 0.25) is 11.0 Å². The van der Waals surface area contributed by atoms with E-state index in [1.54, 1.807) is 14.2 Å². The second-order valence-corrected chi connectivity index (χ2v) is 8.47. The third-order valence-corrected chi connectivity index (χ3v) is 6.42. The summed E-state index contributed by atoms with van der Waals surface area (Å²) in [6, 6.07) is 15.8. The second kappa shape index (κ2) is 10.5. The Balaban J connectivity index is 1.33. The van der Waals surface area contributed by atoms with Gasteiger partial charge >= 0.3 is 0 Å². The third-order valence-electron chi connectivity index (χ3n) is 5.62. The predicted octanol–water partition coefficient (Wildman–Crippen LogP) is 3.47. The number of ether oxygens (including phenoxy) is 2. The Hall–Kier alpha value is -3.13. The fourth-order valence-electron chi connectivity index (χ4n) is 3.96. The van der Waals surface area contributed by atoms with Crippen LogP contribution in [0.2, 0.25) is 0 Å². The summed E-state index contributed by atoms with van der Waals surface area (Å²) in [6.45, 7) is 1.39. The first kappa shape index (κ1) is 22.1. The second-order valence-electron chi connectivity index (χ2n) is 7.74. The van der Waals surface area contributed by atoms with Gasteiger partial charge in [0.15, 0.2) is 11.5 Å². The number of carbonyl (C=O) groups is 1. The highest BCUT2D eigenvalue weighted by Gasteiger charge is 2.32. The Kier molecular flexibility index (Phi) is 7.21. The maximum atomic E-state index is 12.9. The van der Waals surface area contributed by atoms with E-state index in [1.165, 1.54) is 17.1 Å². The first-order valence-electron chi connectivity index (χ1n) is 10.8. The summed E-state index contributed by atoms with van der Waals surface area (Å²) >= 11 is 1.37. The van der Waals surface area contributed by atoms with Crippen LogP contribution in [-0.4, -0.2) is 48.6 Å². The molecule has 8 heteroatoms. The highest BCUT2D eigenvalue weighted by atomic mass is 32.1. The molecular weight excluding hydrogens is 424 g/mol. The van der Waals surface area contributed by atoms with Crippen molar-refractivity contribution < 1.29 is 14.3 Å². The minimum Gasteiger partial charge on any atom is -0.493 e. The van der Waals surface area contributed by atoms with Crippen LogP contribution in [0.25, 0.3) is 0 Å². The molecule has 1 aliphatic rings. The highest BCUT2D eigenvalue weighted by Crippen LogP contribution is 2.29. The largest absolute Gasteiger partial charge is 0.493 e. The molecule has 168 valence electrons. The van der Waals surface area contributed by atoms with E-state index < -0.39 is 0 Å². The van der Waals surface area contributed by atoms with Crippen LogP contribution in [0, 0.1) is 0 Å². The zero-order valence-electron chi connectivity index (χ0n) is 18.4. The summed E-state index contributed by atoms with van der Waals surface area (Å²) in [7, 11) is 3.24. The molecule has 1 unspecified atom stereocenters. The van der Waals surface area contributed by atoms with Gasteiger partial charge in [-0.25, -0.2) is 4.98 Å². The van der Waals surface area contributed by atoms with Crippen LogP contribution < -0.4 is 19.7 Å². The van der Waals surface area contributed by atoms with Gasteiger partial charge in [0.25, 0.3) is 0 Å². The van der Waals surface area contributed by atoms with E-state index in [2.05, 4.69) is 26.7 Å². The molecule has 1 fully saturated rings. The number of anilines is 1. The van der Waals surface area contributed by atoms with E-state index in [1.807, 2.05) is 36.4 Å². The zero-order chi connectivity index (χ0) is 22.3. The van der Waals surface area contributed by atoms with Crippen molar-refractivity contribution in [3.63, 3.8) is 0 Å². The number of aromatic nitrogens is 2. The molecule has 1 aromatic heterocycles. The topological polar surface area (TPSA) is 76.6 Å². The molecule has 1 aliphatic heterocycles. The molecule has 0 radical (unpaired) electrons. The number of carbonyl (C=O) groups excluding carboxylic acids is 1. The molecule has 0 bridgehead atoms. The van der Waals surface area contributed by atoms with Crippen molar-refractivity contribution in [1.82, 2.24) is 14.7 Å². The molecule has 3 aromatic rings. The number of methoxy groups -OCH3 is 2. The van der Waals surface area contributed by atoms with Crippen molar-refractivity contribution >= 4 is 22.6 Å². The Morgan fingerprint density at radius 2 is 1.94 bits per heavy atom. The number of benzene rings is 2. The molecule has 4 rings (SSSR count). The fraction of sp³-hybridized carbons (Fsp3) is 0.375. The minimum atomic E-state index is -0.196. The molecule has 1 N–H and O–H groups in total. The zero-order valence-corrected chi connectivity index (χ0v) is 19.2. The van der Waals surface area contributed by atoms with Crippen molar-refractivity contribution in [3.8, 4) is 11.5 Å². The van der Waals surface area contributed by atoms with Crippen LogP contribution in [0.4, 0.5) is 5.13 Å². The van der Waals surface area contributed by atoms with E-state index in [0.717, 1.165) is 42.3 Å². The lowest BCUT2D eigenvalue weighted by molar-refractivity contribution is -0.122. The van der Waals surface area contributed by atoms with Crippen LogP contribution in [0.3, 0.4) is 0 Å². The third kappa shape index (κ3) is 5.19. The molecule has 7 nitrogen and oxygen atoms in total. The van der Waals surface area contributed by atoms with E-state index in [4.69, 9.17) is 14.5 Å². The average molecular weight is 453 g/mol. The van der Waals surface area contributed by atoms with E-state index in [9.17, 15) is 4.79 Å². The molecule has 1 saturated heterocycles. The van der Waals surface area contributed by atoms with Crippen LogP contribution in [0.15, 0.2) is 48.5 Å². The standard InChI is InChI=1S/C24H28N4O3S/c1-30-20-11-10-18(15-21(20)31-2)12-13-25-23(29)19-9-6-14-28(19)24-26-22(27-32-24)16-17-7-4-3-5-8-17/h3-5,7-8,10-11,15,19H,6,9,12-14,16H2,1-2H3,(H,25,29). The smallest absolute Gasteiger partial charge is 0.242 e. The van der Waals surface area contributed by atoms with Gasteiger partial charge in [-0.2, -0.15) is 4.37 Å². The SMILES string of the molecule is COc1ccc(CCNC(=O)C2CCCN2c2nc(Cc3ccccc3)ns2)cc1OC. The molecule has 1 atom stereocenters. The molecule has 32 heavy (non-hydrogen) atoms. The van der Waals surface area contributed by atoms with Crippen LogP contribution >= 0.6 is 11.5 Å². The number of hydrogen-bond donors (Lipinski definition) is 1. The summed E-state index contributed by atoms with van der Waals surface area (Å²) in [4.78, 5) is 19.7. The van der Waals surface area contributed by atoms with Crippen molar-refractivity contribution in [2.24, 2.45) is 0 Å². The number of hydrogen-bond acceptors (Lipinski definition) is 7. The first-order chi connectivity index (χ1) is 15.7. The van der Waals surface area contributed by atoms with Gasteiger partial charge < -0.3 is 19.7 Å². The average Bonchev–Trinajstić information content (AvgIpc) is 3.49. The summed E-state index contributed by atoms with van der Waals surface area (Å²) < 4.78 is 15.2. The number of nitrogens with zero attached hydrogens (tertiary/aromatic N) is 3. The molecular formula is C24H28N4O3S. The Morgan fingerprint density at radius 1 is 1.12 bits per heavy atom. The Labute approximate surface area is 192 Å². The van der Waals surface area contributed by atoms with E-state index >= 15 is 0 Å². The quantitative estimate of drug-likeness (QED) is 0.536. The van der Waals surface area contributed by atoms with Crippen molar-refractivity contribution in [3.05, 3.63) is 65.5 Å². The minimum absolute atomic E-state index is 0.0442. The van der Waals surface area contributed by atoms with Crippen LogP contribution in [0.1, 0.15) is 29.8 Å². The van der Waals surface area contributed by atoms with Gasteiger partial charge in [-0.05, 0) is 42.5 Å². The molecule has 2 heterocycles. The Morgan fingerprint density at radius 3 is 2.72 bits per heavy atom.